The summed E-state index contributed by atoms with van der Waals surface area (Å²) in [6.45, 7) is 9.25. The van der Waals surface area contributed by atoms with Gasteiger partial charge >= 0.3 is 12.1 Å². The molecule has 0 radical (unpaired) electrons. The number of rotatable bonds is 8. The summed E-state index contributed by atoms with van der Waals surface area (Å²) < 4.78 is 11.0. The van der Waals surface area contributed by atoms with Crippen LogP contribution >= 0.6 is 11.8 Å². The lowest BCUT2D eigenvalue weighted by molar-refractivity contribution is -0.145. The molecular weight excluding hydrogens is 410 g/mol. The van der Waals surface area contributed by atoms with E-state index in [-0.39, 0.29) is 12.5 Å². The highest BCUT2D eigenvalue weighted by Gasteiger charge is 2.31. The van der Waals surface area contributed by atoms with Gasteiger partial charge in [0.15, 0.2) is 0 Å². The number of fused-ring (bicyclic) bond motifs is 3. The van der Waals surface area contributed by atoms with Gasteiger partial charge in [-0.1, -0.05) is 54.6 Å². The first-order chi connectivity index (χ1) is 14.8. The number of alkyl carbamates (subject to hydrolysis) is 1. The van der Waals surface area contributed by atoms with E-state index in [1.165, 1.54) is 22.9 Å². The molecule has 6 heteroatoms. The third kappa shape index (κ3) is 5.91. The van der Waals surface area contributed by atoms with Gasteiger partial charge in [-0.15, -0.1) is 6.58 Å². The predicted molar refractivity (Wildman–Crippen MR) is 125 cm³/mol. The number of amides is 1. The summed E-state index contributed by atoms with van der Waals surface area (Å²) in [4.78, 5) is 25.1. The summed E-state index contributed by atoms with van der Waals surface area (Å²) in [5, 5.41) is 2.66. The summed E-state index contributed by atoms with van der Waals surface area (Å²) in [5.74, 6) is 0.550. The van der Waals surface area contributed by atoms with Crippen molar-refractivity contribution in [1.29, 1.82) is 0 Å². The number of thioether (sulfide) groups is 1. The van der Waals surface area contributed by atoms with Crippen LogP contribution in [-0.2, 0) is 14.3 Å². The van der Waals surface area contributed by atoms with Crippen molar-refractivity contribution in [1.82, 2.24) is 5.32 Å². The molecule has 164 valence electrons. The smallest absolute Gasteiger partial charge is 0.408 e. The van der Waals surface area contributed by atoms with Crippen LogP contribution in [0.3, 0.4) is 0 Å². The Morgan fingerprint density at radius 1 is 1.10 bits per heavy atom. The normalized spacial score (nSPS) is 13.6. The highest BCUT2D eigenvalue weighted by molar-refractivity contribution is 7.99. The van der Waals surface area contributed by atoms with Gasteiger partial charge in [-0.3, -0.25) is 0 Å². The van der Waals surface area contributed by atoms with Gasteiger partial charge in [0, 0.05) is 17.4 Å². The molecule has 0 bridgehead atoms. The molecule has 0 spiro atoms. The Morgan fingerprint density at radius 2 is 1.68 bits per heavy atom. The molecule has 1 amide bonds. The maximum absolute atomic E-state index is 12.9. The maximum atomic E-state index is 12.9. The second kappa shape index (κ2) is 10.1. The van der Waals surface area contributed by atoms with Gasteiger partial charge in [0.05, 0.1) is 0 Å². The Bertz CT molecular complexity index is 905. The Morgan fingerprint density at radius 3 is 2.23 bits per heavy atom. The molecule has 2 aromatic carbocycles. The van der Waals surface area contributed by atoms with E-state index in [4.69, 9.17) is 9.47 Å². The van der Waals surface area contributed by atoms with Gasteiger partial charge < -0.3 is 14.8 Å². The van der Waals surface area contributed by atoms with Gasteiger partial charge in [-0.2, -0.15) is 11.8 Å². The van der Waals surface area contributed by atoms with E-state index >= 15 is 0 Å². The summed E-state index contributed by atoms with van der Waals surface area (Å²) in [5.41, 5.74) is 3.99. The molecule has 2 aromatic rings. The van der Waals surface area contributed by atoms with E-state index in [0.717, 1.165) is 11.1 Å². The lowest BCUT2D eigenvalue weighted by Gasteiger charge is -2.23. The Hall–Kier alpha value is -2.73. The van der Waals surface area contributed by atoms with E-state index in [9.17, 15) is 9.59 Å². The molecule has 0 unspecified atom stereocenters. The molecule has 3 rings (SSSR count). The summed E-state index contributed by atoms with van der Waals surface area (Å²) in [6, 6.07) is 15.6. The van der Waals surface area contributed by atoms with Crippen LogP contribution in [0.25, 0.3) is 11.1 Å². The monoisotopic (exact) mass is 439 g/mol. The number of benzene rings is 2. The molecule has 0 aliphatic heterocycles. The van der Waals surface area contributed by atoms with Crippen LogP contribution in [0.5, 0.6) is 0 Å². The first kappa shape index (κ1) is 22.9. The molecule has 0 aromatic heterocycles. The van der Waals surface area contributed by atoms with Crippen molar-refractivity contribution in [3.63, 3.8) is 0 Å². The standard InChI is InChI=1S/C25H29NO4S/c1-5-14-31-16-22(26-24(28)30-25(2,3)4)23(27)29-15-21-19-12-8-6-10-17(19)18-11-7-9-13-20(18)21/h5-13,21-22H,1,14-16H2,2-4H3,(H,26,28)/t22-/m0/s1. The molecule has 5 nitrogen and oxygen atoms in total. The quantitative estimate of drug-likeness (QED) is 0.350. The largest absolute Gasteiger partial charge is 0.463 e. The van der Waals surface area contributed by atoms with E-state index < -0.39 is 23.7 Å². The number of ether oxygens (including phenoxy) is 2. The molecule has 0 fully saturated rings. The van der Waals surface area contributed by atoms with Crippen molar-refractivity contribution in [2.75, 3.05) is 18.1 Å². The fourth-order valence-corrected chi connectivity index (χ4v) is 4.35. The number of esters is 1. The van der Waals surface area contributed by atoms with Crippen LogP contribution in [0.1, 0.15) is 37.8 Å². The molecule has 0 saturated carbocycles. The highest BCUT2D eigenvalue weighted by atomic mass is 32.2. The van der Waals surface area contributed by atoms with Crippen LogP contribution in [0.4, 0.5) is 4.79 Å². The Kier molecular flexibility index (Phi) is 7.44. The Labute approximate surface area is 188 Å². The minimum atomic E-state index is -0.799. The molecule has 1 atom stereocenters. The van der Waals surface area contributed by atoms with Gasteiger partial charge in [-0.05, 0) is 43.0 Å². The lowest BCUT2D eigenvalue weighted by atomic mass is 9.98. The minimum absolute atomic E-state index is 0.0284. The summed E-state index contributed by atoms with van der Waals surface area (Å²) in [6.07, 6.45) is 1.12. The van der Waals surface area contributed by atoms with E-state index in [1.807, 2.05) is 24.3 Å². The van der Waals surface area contributed by atoms with Crippen LogP contribution in [-0.4, -0.2) is 41.8 Å². The lowest BCUT2D eigenvalue weighted by Crippen LogP contribution is -2.46. The third-order valence-electron chi connectivity index (χ3n) is 4.85. The third-order valence-corrected chi connectivity index (χ3v) is 5.89. The van der Waals surface area contributed by atoms with Crippen LogP contribution in [0.2, 0.25) is 0 Å². The van der Waals surface area contributed by atoms with Crippen molar-refractivity contribution in [2.24, 2.45) is 0 Å². The first-order valence-electron chi connectivity index (χ1n) is 10.3. The van der Waals surface area contributed by atoms with Crippen molar-refractivity contribution in [2.45, 2.75) is 38.3 Å². The Balaban J connectivity index is 1.70. The average Bonchev–Trinajstić information content (AvgIpc) is 3.04. The number of nitrogens with one attached hydrogen (secondary N) is 1. The molecule has 0 heterocycles. The second-order valence-corrected chi connectivity index (χ2v) is 9.46. The number of hydrogen-bond donors (Lipinski definition) is 1. The maximum Gasteiger partial charge on any atom is 0.408 e. The topological polar surface area (TPSA) is 64.6 Å². The van der Waals surface area contributed by atoms with Crippen molar-refractivity contribution >= 4 is 23.8 Å². The minimum Gasteiger partial charge on any atom is -0.463 e. The molecule has 0 saturated heterocycles. The number of hydrogen-bond acceptors (Lipinski definition) is 5. The molecule has 31 heavy (non-hydrogen) atoms. The summed E-state index contributed by atoms with van der Waals surface area (Å²) in [7, 11) is 0. The fourth-order valence-electron chi connectivity index (χ4n) is 3.59. The summed E-state index contributed by atoms with van der Waals surface area (Å²) >= 11 is 1.50. The molecular formula is C25H29NO4S. The van der Waals surface area contributed by atoms with E-state index in [2.05, 4.69) is 36.2 Å². The number of carbonyl (C=O) groups excluding carboxylic acids is 2. The van der Waals surface area contributed by atoms with Crippen LogP contribution < -0.4 is 5.32 Å². The zero-order valence-corrected chi connectivity index (χ0v) is 19.0. The van der Waals surface area contributed by atoms with Crippen molar-refractivity contribution in [3.8, 4) is 11.1 Å². The fraction of sp³-hybridized carbons (Fsp3) is 0.360. The van der Waals surface area contributed by atoms with Crippen LogP contribution in [0, 0.1) is 0 Å². The van der Waals surface area contributed by atoms with E-state index in [0.29, 0.717) is 11.5 Å². The van der Waals surface area contributed by atoms with Crippen LogP contribution in [0.15, 0.2) is 61.2 Å². The molecule has 1 N–H and O–H groups in total. The molecule has 1 aliphatic rings. The SMILES string of the molecule is C=CCSC[C@H](NC(=O)OC(C)(C)C)C(=O)OCC1c2ccccc2-c2ccccc21. The van der Waals surface area contributed by atoms with E-state index in [1.54, 1.807) is 26.8 Å². The number of carbonyl (C=O) groups is 2. The molecule has 1 aliphatic carbocycles. The van der Waals surface area contributed by atoms with Gasteiger partial charge in [0.1, 0.15) is 18.2 Å². The highest BCUT2D eigenvalue weighted by Crippen LogP contribution is 2.44. The van der Waals surface area contributed by atoms with Crippen molar-refractivity contribution in [3.05, 3.63) is 72.3 Å². The van der Waals surface area contributed by atoms with Crippen molar-refractivity contribution < 1.29 is 19.1 Å². The zero-order chi connectivity index (χ0) is 22.4. The first-order valence-corrected chi connectivity index (χ1v) is 11.5. The second-order valence-electron chi connectivity index (χ2n) is 8.38. The van der Waals surface area contributed by atoms with Gasteiger partial charge in [0.25, 0.3) is 0 Å². The zero-order valence-electron chi connectivity index (χ0n) is 18.2. The predicted octanol–water partition coefficient (Wildman–Crippen LogP) is 5.15. The average molecular weight is 440 g/mol. The van der Waals surface area contributed by atoms with Gasteiger partial charge in [0.2, 0.25) is 0 Å². The van der Waals surface area contributed by atoms with Gasteiger partial charge in [-0.25, -0.2) is 9.59 Å².